The molecule has 0 aromatic carbocycles. The van der Waals surface area contributed by atoms with E-state index in [2.05, 4.69) is 14.7 Å². The second-order valence-electron chi connectivity index (χ2n) is 1.50. The van der Waals surface area contributed by atoms with E-state index in [0.29, 0.717) is 0 Å². The summed E-state index contributed by atoms with van der Waals surface area (Å²) in [5.41, 5.74) is -0.959. The number of ether oxygens (including phenoxy) is 1. The van der Waals surface area contributed by atoms with Crippen molar-refractivity contribution >= 4 is 28.6 Å². The van der Waals surface area contributed by atoms with Crippen LogP contribution in [0.15, 0.2) is 12.3 Å². The number of hydrogen-bond donors (Lipinski definition) is 0. The van der Waals surface area contributed by atoms with Gasteiger partial charge in [-0.15, -0.1) is 0 Å². The van der Waals surface area contributed by atoms with Crippen LogP contribution >= 0.6 is 23.2 Å². The summed E-state index contributed by atoms with van der Waals surface area (Å²) in [7, 11) is 0. The maximum absolute atomic E-state index is 10.2. The second-order valence-corrected chi connectivity index (χ2v) is 2.15. The largest absolute Gasteiger partial charge is 0.410 e. The smallest absolute Gasteiger partial charge is 0.395 e. The zero-order valence-electron chi connectivity index (χ0n) is 5.12. The standard InChI is InChI=1S/C5H2Cl2N2O2/c6-4-8-2-1-3(9-4)11-5(7)10/h1-2H. The first-order valence-electron chi connectivity index (χ1n) is 2.54. The van der Waals surface area contributed by atoms with Crippen LogP contribution < -0.4 is 4.74 Å². The van der Waals surface area contributed by atoms with Crippen LogP contribution in [-0.2, 0) is 0 Å². The third kappa shape index (κ3) is 2.69. The van der Waals surface area contributed by atoms with Crippen molar-refractivity contribution in [3.05, 3.63) is 17.5 Å². The van der Waals surface area contributed by atoms with Gasteiger partial charge in [0.2, 0.25) is 11.2 Å². The van der Waals surface area contributed by atoms with Gasteiger partial charge in [-0.25, -0.2) is 9.78 Å². The van der Waals surface area contributed by atoms with Crippen LogP contribution in [0.25, 0.3) is 0 Å². The monoisotopic (exact) mass is 192 g/mol. The molecule has 0 saturated carbocycles. The zero-order chi connectivity index (χ0) is 8.27. The average molecular weight is 193 g/mol. The van der Waals surface area contributed by atoms with Gasteiger partial charge in [-0.1, -0.05) is 0 Å². The van der Waals surface area contributed by atoms with Gasteiger partial charge in [-0.2, -0.15) is 4.98 Å². The first-order valence-corrected chi connectivity index (χ1v) is 3.30. The molecule has 0 fully saturated rings. The van der Waals surface area contributed by atoms with Crippen LogP contribution in [0.3, 0.4) is 0 Å². The Kier molecular flexibility index (Phi) is 2.62. The fourth-order valence-corrected chi connectivity index (χ4v) is 0.677. The average Bonchev–Trinajstić information content (AvgIpc) is 1.85. The molecule has 1 heterocycles. The van der Waals surface area contributed by atoms with Crippen LogP contribution in [0.5, 0.6) is 5.88 Å². The topological polar surface area (TPSA) is 52.1 Å². The molecular weight excluding hydrogens is 191 g/mol. The molecule has 11 heavy (non-hydrogen) atoms. The molecule has 0 unspecified atom stereocenters. The number of carbonyl (C=O) groups excluding carboxylic acids is 1. The van der Waals surface area contributed by atoms with E-state index in [9.17, 15) is 4.79 Å². The molecule has 0 atom stereocenters. The van der Waals surface area contributed by atoms with E-state index >= 15 is 0 Å². The van der Waals surface area contributed by atoms with Gasteiger partial charge in [0.25, 0.3) is 0 Å². The lowest BCUT2D eigenvalue weighted by molar-refractivity contribution is 0.224. The number of aromatic nitrogens is 2. The molecule has 0 bridgehead atoms. The Morgan fingerprint density at radius 3 is 2.91 bits per heavy atom. The van der Waals surface area contributed by atoms with Crippen LogP contribution in [0.2, 0.25) is 5.28 Å². The van der Waals surface area contributed by atoms with Crippen molar-refractivity contribution in [3.8, 4) is 5.88 Å². The van der Waals surface area contributed by atoms with Crippen molar-refractivity contribution in [1.29, 1.82) is 0 Å². The van der Waals surface area contributed by atoms with Gasteiger partial charge in [0.15, 0.2) is 0 Å². The van der Waals surface area contributed by atoms with Crippen molar-refractivity contribution in [1.82, 2.24) is 9.97 Å². The molecule has 0 amide bonds. The maximum atomic E-state index is 10.2. The van der Waals surface area contributed by atoms with E-state index in [4.69, 9.17) is 23.2 Å². The van der Waals surface area contributed by atoms with Crippen molar-refractivity contribution in [2.75, 3.05) is 0 Å². The van der Waals surface area contributed by atoms with Gasteiger partial charge >= 0.3 is 5.43 Å². The molecule has 0 spiro atoms. The molecule has 0 aliphatic rings. The molecule has 6 heteroatoms. The summed E-state index contributed by atoms with van der Waals surface area (Å²) in [6.45, 7) is 0. The number of rotatable bonds is 1. The Labute approximate surface area is 72.1 Å². The lowest BCUT2D eigenvalue weighted by Gasteiger charge is -1.95. The van der Waals surface area contributed by atoms with Crippen LogP contribution in [-0.4, -0.2) is 15.4 Å². The predicted molar refractivity (Wildman–Crippen MR) is 38.9 cm³/mol. The van der Waals surface area contributed by atoms with Crippen LogP contribution in [0, 0.1) is 0 Å². The van der Waals surface area contributed by atoms with E-state index < -0.39 is 5.43 Å². The summed E-state index contributed by atoms with van der Waals surface area (Å²) >= 11 is 10.3. The fourth-order valence-electron chi connectivity index (χ4n) is 0.459. The summed E-state index contributed by atoms with van der Waals surface area (Å²) in [5.74, 6) is 0.0324. The molecule has 0 N–H and O–H groups in total. The third-order valence-electron chi connectivity index (χ3n) is 0.785. The SMILES string of the molecule is O=C(Cl)Oc1ccnc(Cl)n1. The Balaban J connectivity index is 2.79. The van der Waals surface area contributed by atoms with Crippen molar-refractivity contribution in [2.24, 2.45) is 0 Å². The Bertz CT molecular complexity index is 279. The Hall–Kier alpha value is -0.870. The van der Waals surface area contributed by atoms with Gasteiger partial charge in [0.1, 0.15) is 0 Å². The van der Waals surface area contributed by atoms with Gasteiger partial charge in [0.05, 0.1) is 0 Å². The molecule has 58 valence electrons. The van der Waals surface area contributed by atoms with Crippen molar-refractivity contribution in [2.45, 2.75) is 0 Å². The van der Waals surface area contributed by atoms with Gasteiger partial charge in [-0.3, -0.25) is 0 Å². The highest BCUT2D eigenvalue weighted by molar-refractivity contribution is 6.61. The number of nitrogens with zero attached hydrogens (tertiary/aromatic N) is 2. The minimum absolute atomic E-state index is 0.000386. The molecule has 0 aliphatic carbocycles. The van der Waals surface area contributed by atoms with Crippen molar-refractivity contribution in [3.63, 3.8) is 0 Å². The highest BCUT2D eigenvalue weighted by atomic mass is 35.5. The Morgan fingerprint density at radius 2 is 2.36 bits per heavy atom. The minimum Gasteiger partial charge on any atom is -0.395 e. The fraction of sp³-hybridized carbons (Fsp3) is 0. The highest BCUT2D eigenvalue weighted by Crippen LogP contribution is 2.09. The highest BCUT2D eigenvalue weighted by Gasteiger charge is 2.01. The molecule has 1 aromatic heterocycles. The molecule has 1 rings (SSSR count). The van der Waals surface area contributed by atoms with E-state index in [1.807, 2.05) is 0 Å². The first kappa shape index (κ1) is 8.23. The lowest BCUT2D eigenvalue weighted by atomic mass is 10.6. The molecule has 0 saturated heterocycles. The van der Waals surface area contributed by atoms with E-state index in [-0.39, 0.29) is 11.2 Å². The second kappa shape index (κ2) is 3.50. The number of hydrogen-bond acceptors (Lipinski definition) is 4. The van der Waals surface area contributed by atoms with E-state index in [1.165, 1.54) is 12.3 Å². The zero-order valence-corrected chi connectivity index (χ0v) is 6.63. The Morgan fingerprint density at radius 1 is 1.64 bits per heavy atom. The van der Waals surface area contributed by atoms with Gasteiger partial charge in [0, 0.05) is 23.9 Å². The summed E-state index contributed by atoms with van der Waals surface area (Å²) in [5, 5.41) is 0.000386. The molecule has 4 nitrogen and oxygen atoms in total. The summed E-state index contributed by atoms with van der Waals surface area (Å²) in [6, 6.07) is 1.37. The lowest BCUT2D eigenvalue weighted by Crippen LogP contribution is -1.98. The van der Waals surface area contributed by atoms with E-state index in [0.717, 1.165) is 0 Å². The molecular formula is C5H2Cl2N2O2. The van der Waals surface area contributed by atoms with Gasteiger partial charge in [-0.05, 0) is 11.6 Å². The number of halogens is 2. The molecule has 0 aliphatic heterocycles. The van der Waals surface area contributed by atoms with Crippen LogP contribution in [0.4, 0.5) is 4.79 Å². The minimum atomic E-state index is -0.959. The maximum Gasteiger partial charge on any atom is 0.410 e. The quantitative estimate of drug-likeness (QED) is 0.504. The molecule has 1 aromatic rings. The summed E-state index contributed by atoms with van der Waals surface area (Å²) < 4.78 is 4.39. The van der Waals surface area contributed by atoms with Crippen LogP contribution in [0.1, 0.15) is 0 Å². The normalized spacial score (nSPS) is 9.27. The summed E-state index contributed by atoms with van der Waals surface area (Å²) in [6.07, 6.45) is 1.35. The number of carbonyl (C=O) groups is 1. The van der Waals surface area contributed by atoms with Gasteiger partial charge < -0.3 is 4.74 Å². The molecule has 0 radical (unpaired) electrons. The third-order valence-corrected chi connectivity index (χ3v) is 1.04. The first-order chi connectivity index (χ1) is 5.18. The van der Waals surface area contributed by atoms with E-state index in [1.54, 1.807) is 0 Å². The predicted octanol–water partition coefficient (Wildman–Crippen LogP) is 1.87. The van der Waals surface area contributed by atoms with Crippen molar-refractivity contribution < 1.29 is 9.53 Å². The summed E-state index contributed by atoms with van der Waals surface area (Å²) in [4.78, 5) is 17.3.